The van der Waals surface area contributed by atoms with E-state index in [0.717, 1.165) is 10.7 Å². The lowest BCUT2D eigenvalue weighted by Gasteiger charge is -2.11. The summed E-state index contributed by atoms with van der Waals surface area (Å²) in [4.78, 5) is 15.2. The third-order valence-electron chi connectivity index (χ3n) is 3.98. The second-order valence-electron chi connectivity index (χ2n) is 5.66. The highest BCUT2D eigenvalue weighted by atomic mass is 19.4. The first-order valence-corrected chi connectivity index (χ1v) is 7.25. The topological polar surface area (TPSA) is 85.8 Å². The number of halogens is 3. The van der Waals surface area contributed by atoms with E-state index in [0.29, 0.717) is 11.3 Å². The van der Waals surface area contributed by atoms with Gasteiger partial charge in [0.2, 0.25) is 0 Å². The number of hydrogen-bond acceptors (Lipinski definition) is 4. The lowest BCUT2D eigenvalue weighted by Crippen LogP contribution is -2.12. The molecule has 25 heavy (non-hydrogen) atoms. The molecule has 3 aromatic heterocycles. The molecule has 0 atom stereocenters. The number of nitrogens with zero attached hydrogens (tertiary/aromatic N) is 5. The molecule has 0 radical (unpaired) electrons. The Morgan fingerprint density at radius 1 is 1.32 bits per heavy atom. The van der Waals surface area contributed by atoms with Crippen LogP contribution < -0.4 is 0 Å². The number of alkyl halides is 3. The van der Waals surface area contributed by atoms with Crippen LogP contribution in [0.1, 0.15) is 17.0 Å². The molecule has 0 spiro atoms. The predicted octanol–water partition coefficient (Wildman–Crippen LogP) is 2.55. The zero-order valence-corrected chi connectivity index (χ0v) is 13.6. The van der Waals surface area contributed by atoms with Crippen LogP contribution >= 0.6 is 0 Å². The molecule has 1 N–H and O–H groups in total. The lowest BCUT2D eigenvalue weighted by atomic mass is 10.1. The van der Waals surface area contributed by atoms with Gasteiger partial charge >= 0.3 is 12.1 Å². The van der Waals surface area contributed by atoms with E-state index in [9.17, 15) is 18.0 Å². The summed E-state index contributed by atoms with van der Waals surface area (Å²) in [6, 6.07) is 0.951. The minimum Gasteiger partial charge on any atom is -0.480 e. The second kappa shape index (κ2) is 5.57. The standard InChI is InChI=1S/C15H14F3N5O2/c1-7-13-10(15(16,17)18)4-11(9-5-19-22(3)8(9)2)20-14(13)23(21-7)6-12(24)25/h4-5H,6H2,1-3H3,(H,24,25). The minimum atomic E-state index is -4.63. The van der Waals surface area contributed by atoms with Crippen molar-refractivity contribution in [1.29, 1.82) is 0 Å². The monoisotopic (exact) mass is 353 g/mol. The number of rotatable bonds is 3. The highest BCUT2D eigenvalue weighted by molar-refractivity contribution is 5.86. The zero-order valence-electron chi connectivity index (χ0n) is 13.6. The van der Waals surface area contributed by atoms with Crippen molar-refractivity contribution in [3.8, 4) is 11.3 Å². The largest absolute Gasteiger partial charge is 0.480 e. The number of carboxylic acid groups (broad SMARTS) is 1. The van der Waals surface area contributed by atoms with Gasteiger partial charge in [-0.1, -0.05) is 0 Å². The van der Waals surface area contributed by atoms with Crippen LogP contribution in [0, 0.1) is 13.8 Å². The Kier molecular flexibility index (Phi) is 3.77. The fraction of sp³-hybridized carbons (Fsp3) is 0.333. The number of aryl methyl sites for hydroxylation is 2. The molecule has 3 rings (SSSR count). The van der Waals surface area contributed by atoms with E-state index in [-0.39, 0.29) is 22.4 Å². The van der Waals surface area contributed by atoms with Crippen molar-refractivity contribution in [3.63, 3.8) is 0 Å². The van der Waals surface area contributed by atoms with Crippen LogP contribution in [-0.4, -0.2) is 35.6 Å². The quantitative estimate of drug-likeness (QED) is 0.782. The smallest absolute Gasteiger partial charge is 0.417 e. The van der Waals surface area contributed by atoms with E-state index in [1.807, 2.05) is 0 Å². The van der Waals surface area contributed by atoms with Gasteiger partial charge in [0.05, 0.1) is 28.5 Å². The maximum atomic E-state index is 13.6. The van der Waals surface area contributed by atoms with Crippen LogP contribution in [0.5, 0.6) is 0 Å². The molecule has 0 aliphatic rings. The minimum absolute atomic E-state index is 0.0666. The highest BCUT2D eigenvalue weighted by Gasteiger charge is 2.36. The van der Waals surface area contributed by atoms with E-state index in [2.05, 4.69) is 15.2 Å². The molecule has 0 aliphatic carbocycles. The molecule has 3 aromatic rings. The molecule has 0 saturated carbocycles. The van der Waals surface area contributed by atoms with Crippen LogP contribution in [0.15, 0.2) is 12.3 Å². The summed E-state index contributed by atoms with van der Waals surface area (Å²) in [6.45, 7) is 2.53. The SMILES string of the molecule is Cc1nn(CC(=O)O)c2nc(-c3cnn(C)c3C)cc(C(F)(F)F)c12. The number of aliphatic carboxylic acids is 1. The van der Waals surface area contributed by atoms with Crippen LogP contribution in [0.3, 0.4) is 0 Å². The van der Waals surface area contributed by atoms with Crippen molar-refractivity contribution in [2.24, 2.45) is 7.05 Å². The molecule has 3 heterocycles. The maximum absolute atomic E-state index is 13.6. The van der Waals surface area contributed by atoms with Gasteiger partial charge in [-0.15, -0.1) is 0 Å². The van der Waals surface area contributed by atoms with Crippen molar-refractivity contribution in [1.82, 2.24) is 24.5 Å². The van der Waals surface area contributed by atoms with Gasteiger partial charge in [-0.3, -0.25) is 9.48 Å². The molecular weight excluding hydrogens is 339 g/mol. The van der Waals surface area contributed by atoms with Crippen molar-refractivity contribution in [3.05, 3.63) is 29.2 Å². The molecule has 0 saturated heterocycles. The number of carboxylic acids is 1. The van der Waals surface area contributed by atoms with E-state index in [1.54, 1.807) is 14.0 Å². The lowest BCUT2D eigenvalue weighted by molar-refractivity contribution is -0.138. The van der Waals surface area contributed by atoms with Gasteiger partial charge in [0, 0.05) is 18.3 Å². The molecule has 7 nitrogen and oxygen atoms in total. The number of pyridine rings is 1. The van der Waals surface area contributed by atoms with E-state index < -0.39 is 24.3 Å². The summed E-state index contributed by atoms with van der Waals surface area (Å²) < 4.78 is 43.2. The molecule has 10 heteroatoms. The molecule has 0 aliphatic heterocycles. The van der Waals surface area contributed by atoms with Gasteiger partial charge < -0.3 is 5.11 Å². The Bertz CT molecular complexity index is 987. The van der Waals surface area contributed by atoms with Gasteiger partial charge in [-0.2, -0.15) is 23.4 Å². The molecule has 0 bridgehead atoms. The first kappa shape index (κ1) is 16.9. The summed E-state index contributed by atoms with van der Waals surface area (Å²) in [5, 5.41) is 16.7. The predicted molar refractivity (Wildman–Crippen MR) is 81.8 cm³/mol. The van der Waals surface area contributed by atoms with Gasteiger partial charge in [-0.25, -0.2) is 9.67 Å². The average molecular weight is 353 g/mol. The van der Waals surface area contributed by atoms with E-state index >= 15 is 0 Å². The van der Waals surface area contributed by atoms with Gasteiger partial charge in [-0.05, 0) is 19.9 Å². The Balaban J connectivity index is 2.37. The van der Waals surface area contributed by atoms with E-state index in [1.165, 1.54) is 17.8 Å². The Hall–Kier alpha value is -2.91. The summed E-state index contributed by atoms with van der Waals surface area (Å²) in [7, 11) is 1.67. The van der Waals surface area contributed by atoms with Crippen molar-refractivity contribution < 1.29 is 23.1 Å². The Morgan fingerprint density at radius 3 is 2.52 bits per heavy atom. The first-order valence-electron chi connectivity index (χ1n) is 7.25. The number of aromatic nitrogens is 5. The number of carbonyl (C=O) groups is 1. The molecule has 0 amide bonds. The number of hydrogen-bond donors (Lipinski definition) is 1. The molecular formula is C15H14F3N5O2. The summed E-state index contributed by atoms with van der Waals surface area (Å²) in [5.41, 5.74) is 0.206. The van der Waals surface area contributed by atoms with Gasteiger partial charge in [0.25, 0.3) is 0 Å². The molecule has 0 fully saturated rings. The third-order valence-corrected chi connectivity index (χ3v) is 3.98. The molecule has 0 unspecified atom stereocenters. The zero-order chi connectivity index (χ0) is 18.5. The van der Waals surface area contributed by atoms with Crippen LogP contribution in [0.25, 0.3) is 22.3 Å². The van der Waals surface area contributed by atoms with Gasteiger partial charge in [0.1, 0.15) is 6.54 Å². The summed E-state index contributed by atoms with van der Waals surface area (Å²) in [5.74, 6) is -1.22. The van der Waals surface area contributed by atoms with Crippen molar-refractivity contribution in [2.75, 3.05) is 0 Å². The Morgan fingerprint density at radius 2 is 2.00 bits per heavy atom. The summed E-state index contributed by atoms with van der Waals surface area (Å²) in [6.07, 6.45) is -3.21. The Labute approximate surface area is 139 Å². The van der Waals surface area contributed by atoms with Gasteiger partial charge in [0.15, 0.2) is 5.65 Å². The summed E-state index contributed by atoms with van der Waals surface area (Å²) >= 11 is 0. The van der Waals surface area contributed by atoms with Crippen LogP contribution in [0.4, 0.5) is 13.2 Å². The normalized spacial score (nSPS) is 12.1. The fourth-order valence-corrected chi connectivity index (χ4v) is 2.70. The first-order chi connectivity index (χ1) is 11.6. The molecule has 0 aromatic carbocycles. The second-order valence-corrected chi connectivity index (χ2v) is 5.66. The van der Waals surface area contributed by atoms with Crippen molar-refractivity contribution in [2.45, 2.75) is 26.6 Å². The third kappa shape index (κ3) is 2.83. The molecule has 132 valence electrons. The van der Waals surface area contributed by atoms with Crippen molar-refractivity contribution >= 4 is 17.0 Å². The van der Waals surface area contributed by atoms with E-state index in [4.69, 9.17) is 5.11 Å². The maximum Gasteiger partial charge on any atom is 0.417 e. The average Bonchev–Trinajstić information content (AvgIpc) is 2.98. The number of fused-ring (bicyclic) bond motifs is 1. The van der Waals surface area contributed by atoms with Crippen LogP contribution in [-0.2, 0) is 24.6 Å². The van der Waals surface area contributed by atoms with Crippen LogP contribution in [0.2, 0.25) is 0 Å². The highest BCUT2D eigenvalue weighted by Crippen LogP contribution is 2.38. The fourth-order valence-electron chi connectivity index (χ4n) is 2.70.